The SMILES string of the molecule is CC1(C)OC2C(C(=O)Cl)OC(n3cnc4c(Cl)ncnc43)C2O1. The number of rotatable bonds is 2. The highest BCUT2D eigenvalue weighted by Crippen LogP contribution is 2.44. The quantitative estimate of drug-likeness (QED) is 0.595. The minimum Gasteiger partial charge on any atom is -0.341 e. The molecule has 0 radical (unpaired) electrons. The zero-order valence-corrected chi connectivity index (χ0v) is 13.7. The molecule has 10 heteroatoms. The summed E-state index contributed by atoms with van der Waals surface area (Å²) in [5.41, 5.74) is 0.915. The first-order valence-electron chi connectivity index (χ1n) is 6.91. The standard InChI is InChI=1S/C13H12Cl2N4O4/c1-13(2)22-6-7(10(15)20)21-12(8(6)23-13)19-4-18-5-9(14)16-3-17-11(5)19/h3-4,6-8,12H,1-2H3. The molecule has 8 nitrogen and oxygen atoms in total. The summed E-state index contributed by atoms with van der Waals surface area (Å²) in [5.74, 6) is -0.842. The Labute approximate surface area is 140 Å². The molecule has 2 aliphatic rings. The van der Waals surface area contributed by atoms with Crippen molar-refractivity contribution in [2.24, 2.45) is 0 Å². The number of carbonyl (C=O) groups excluding carboxylic acids is 1. The van der Waals surface area contributed by atoms with Gasteiger partial charge in [0.2, 0.25) is 0 Å². The number of nitrogens with zero attached hydrogens (tertiary/aromatic N) is 4. The number of hydrogen-bond acceptors (Lipinski definition) is 7. The second-order valence-corrected chi connectivity index (χ2v) is 6.54. The highest BCUT2D eigenvalue weighted by atomic mass is 35.5. The summed E-state index contributed by atoms with van der Waals surface area (Å²) in [6.45, 7) is 3.53. The van der Waals surface area contributed by atoms with Gasteiger partial charge in [0.05, 0.1) is 6.33 Å². The van der Waals surface area contributed by atoms with E-state index in [4.69, 9.17) is 37.4 Å². The maximum atomic E-state index is 11.7. The molecule has 4 rings (SSSR count). The molecule has 2 aliphatic heterocycles. The Morgan fingerprint density at radius 2 is 2.00 bits per heavy atom. The summed E-state index contributed by atoms with van der Waals surface area (Å²) >= 11 is 11.7. The third-order valence-electron chi connectivity index (χ3n) is 3.84. The van der Waals surface area contributed by atoms with Gasteiger partial charge in [-0.3, -0.25) is 9.36 Å². The Balaban J connectivity index is 1.78. The topological polar surface area (TPSA) is 88.4 Å². The van der Waals surface area contributed by atoms with E-state index < -0.39 is 35.6 Å². The maximum Gasteiger partial charge on any atom is 0.253 e. The van der Waals surface area contributed by atoms with Gasteiger partial charge in [0.1, 0.15) is 24.1 Å². The smallest absolute Gasteiger partial charge is 0.253 e. The lowest BCUT2D eigenvalue weighted by molar-refractivity contribution is -0.195. The van der Waals surface area contributed by atoms with Crippen LogP contribution in [0, 0.1) is 0 Å². The molecule has 4 unspecified atom stereocenters. The molecular formula is C13H12Cl2N4O4. The number of ether oxygens (including phenoxy) is 3. The van der Waals surface area contributed by atoms with Gasteiger partial charge in [0.15, 0.2) is 28.9 Å². The number of carbonyl (C=O) groups is 1. The van der Waals surface area contributed by atoms with Gasteiger partial charge >= 0.3 is 0 Å². The molecule has 0 amide bonds. The second kappa shape index (κ2) is 5.09. The number of imidazole rings is 1. The third kappa shape index (κ3) is 2.33. The van der Waals surface area contributed by atoms with Crippen LogP contribution in [0.3, 0.4) is 0 Å². The number of fused-ring (bicyclic) bond motifs is 2. The molecule has 122 valence electrons. The molecule has 4 atom stereocenters. The Hall–Kier alpha value is -1.32. The molecular weight excluding hydrogens is 347 g/mol. The zero-order valence-electron chi connectivity index (χ0n) is 12.1. The fraction of sp³-hybridized carbons (Fsp3) is 0.538. The van der Waals surface area contributed by atoms with Crippen LogP contribution in [0.2, 0.25) is 5.15 Å². The van der Waals surface area contributed by atoms with E-state index in [1.54, 1.807) is 18.4 Å². The van der Waals surface area contributed by atoms with Gasteiger partial charge in [-0.2, -0.15) is 0 Å². The van der Waals surface area contributed by atoms with Crippen molar-refractivity contribution >= 4 is 39.6 Å². The fourth-order valence-corrected chi connectivity index (χ4v) is 3.35. The van der Waals surface area contributed by atoms with Crippen LogP contribution < -0.4 is 0 Å². The van der Waals surface area contributed by atoms with Crippen LogP contribution in [-0.4, -0.2) is 48.9 Å². The van der Waals surface area contributed by atoms with E-state index in [2.05, 4.69) is 15.0 Å². The lowest BCUT2D eigenvalue weighted by atomic mass is 10.1. The summed E-state index contributed by atoms with van der Waals surface area (Å²) in [4.78, 5) is 23.9. The van der Waals surface area contributed by atoms with Crippen LogP contribution in [0.5, 0.6) is 0 Å². The Bertz CT molecular complexity index is 795. The second-order valence-electron chi connectivity index (χ2n) is 5.80. The zero-order chi connectivity index (χ0) is 16.4. The molecule has 2 saturated heterocycles. The summed E-state index contributed by atoms with van der Waals surface area (Å²) in [6.07, 6.45) is 0.130. The van der Waals surface area contributed by atoms with Gasteiger partial charge in [-0.05, 0) is 25.4 Å². The molecule has 4 heterocycles. The molecule has 0 saturated carbocycles. The Morgan fingerprint density at radius 3 is 2.74 bits per heavy atom. The molecule has 0 aliphatic carbocycles. The Morgan fingerprint density at radius 1 is 1.26 bits per heavy atom. The summed E-state index contributed by atoms with van der Waals surface area (Å²) in [6, 6.07) is 0. The van der Waals surface area contributed by atoms with E-state index in [0.717, 1.165) is 0 Å². The van der Waals surface area contributed by atoms with Gasteiger partial charge in [0.25, 0.3) is 5.24 Å². The maximum absolute atomic E-state index is 11.7. The molecule has 2 aromatic heterocycles. The van der Waals surface area contributed by atoms with E-state index in [-0.39, 0.29) is 5.15 Å². The van der Waals surface area contributed by atoms with Crippen molar-refractivity contribution in [3.8, 4) is 0 Å². The van der Waals surface area contributed by atoms with E-state index in [1.165, 1.54) is 12.7 Å². The first-order valence-corrected chi connectivity index (χ1v) is 7.66. The van der Waals surface area contributed by atoms with Crippen LogP contribution in [0.15, 0.2) is 12.7 Å². The van der Waals surface area contributed by atoms with E-state index in [0.29, 0.717) is 11.2 Å². The summed E-state index contributed by atoms with van der Waals surface area (Å²) in [7, 11) is 0. The van der Waals surface area contributed by atoms with Crippen LogP contribution in [-0.2, 0) is 19.0 Å². The third-order valence-corrected chi connectivity index (χ3v) is 4.33. The van der Waals surface area contributed by atoms with E-state index in [9.17, 15) is 4.79 Å². The van der Waals surface area contributed by atoms with Crippen molar-refractivity contribution in [2.45, 2.75) is 44.2 Å². The molecule has 2 fully saturated rings. The van der Waals surface area contributed by atoms with Gasteiger partial charge in [0, 0.05) is 0 Å². The number of halogens is 2. The molecule has 0 N–H and O–H groups in total. The molecule has 2 aromatic rings. The number of hydrogen-bond donors (Lipinski definition) is 0. The van der Waals surface area contributed by atoms with Crippen molar-refractivity contribution in [2.75, 3.05) is 0 Å². The lowest BCUT2D eigenvalue weighted by Crippen LogP contribution is -2.33. The van der Waals surface area contributed by atoms with Gasteiger partial charge in [-0.1, -0.05) is 11.6 Å². The van der Waals surface area contributed by atoms with Crippen LogP contribution in [0.25, 0.3) is 11.2 Å². The van der Waals surface area contributed by atoms with Crippen molar-refractivity contribution in [3.63, 3.8) is 0 Å². The predicted molar refractivity (Wildman–Crippen MR) is 78.9 cm³/mol. The minimum atomic E-state index is -0.928. The van der Waals surface area contributed by atoms with Crippen molar-refractivity contribution in [1.82, 2.24) is 19.5 Å². The first kappa shape index (κ1) is 15.2. The van der Waals surface area contributed by atoms with Crippen LogP contribution in [0.4, 0.5) is 0 Å². The van der Waals surface area contributed by atoms with Gasteiger partial charge in [-0.25, -0.2) is 15.0 Å². The monoisotopic (exact) mass is 358 g/mol. The van der Waals surface area contributed by atoms with Crippen molar-refractivity contribution < 1.29 is 19.0 Å². The summed E-state index contributed by atoms with van der Waals surface area (Å²) < 4.78 is 19.1. The van der Waals surface area contributed by atoms with Crippen molar-refractivity contribution in [1.29, 1.82) is 0 Å². The molecule has 0 spiro atoms. The first-order chi connectivity index (χ1) is 10.9. The predicted octanol–water partition coefficient (Wildman–Crippen LogP) is 1.66. The number of aromatic nitrogens is 4. The van der Waals surface area contributed by atoms with Crippen LogP contribution >= 0.6 is 23.2 Å². The lowest BCUT2D eigenvalue weighted by Gasteiger charge is -2.23. The molecule has 0 aromatic carbocycles. The van der Waals surface area contributed by atoms with E-state index in [1.807, 2.05) is 0 Å². The fourth-order valence-electron chi connectivity index (χ4n) is 2.99. The minimum absolute atomic E-state index is 0.234. The van der Waals surface area contributed by atoms with E-state index >= 15 is 0 Å². The van der Waals surface area contributed by atoms with Crippen LogP contribution in [0.1, 0.15) is 20.1 Å². The average Bonchev–Trinajstić information content (AvgIpc) is 3.09. The summed E-state index contributed by atoms with van der Waals surface area (Å²) in [5, 5.41) is -0.405. The largest absolute Gasteiger partial charge is 0.341 e. The Kier molecular flexibility index (Phi) is 3.37. The normalized spacial score (nSPS) is 32.3. The van der Waals surface area contributed by atoms with Crippen molar-refractivity contribution in [3.05, 3.63) is 17.8 Å². The molecule has 0 bridgehead atoms. The average molecular weight is 359 g/mol. The highest BCUT2D eigenvalue weighted by Gasteiger charge is 2.58. The van der Waals surface area contributed by atoms with Gasteiger partial charge in [-0.15, -0.1) is 0 Å². The van der Waals surface area contributed by atoms with Gasteiger partial charge < -0.3 is 14.2 Å². The highest BCUT2D eigenvalue weighted by molar-refractivity contribution is 6.64. The molecule has 23 heavy (non-hydrogen) atoms.